The average molecular weight is 270 g/mol. The zero-order valence-corrected chi connectivity index (χ0v) is 11.9. The molecule has 1 aliphatic rings. The highest BCUT2D eigenvalue weighted by atomic mass is 16.3. The first-order valence-electron chi connectivity index (χ1n) is 7.32. The van der Waals surface area contributed by atoms with E-state index in [1.807, 2.05) is 18.2 Å². The molecule has 0 bridgehead atoms. The van der Waals surface area contributed by atoms with Crippen molar-refractivity contribution in [2.75, 3.05) is 13.1 Å². The minimum absolute atomic E-state index is 0.251. The lowest BCUT2D eigenvalue weighted by Crippen LogP contribution is -2.29. The van der Waals surface area contributed by atoms with Gasteiger partial charge in [-0.25, -0.2) is 0 Å². The Morgan fingerprint density at radius 2 is 2.10 bits per heavy atom. The predicted molar refractivity (Wildman–Crippen MR) is 82.6 cm³/mol. The molecular formula is C17H22N2O. The molecule has 3 rings (SSSR count). The fourth-order valence-corrected chi connectivity index (χ4v) is 3.15. The summed E-state index contributed by atoms with van der Waals surface area (Å²) in [4.78, 5) is 2.40. The van der Waals surface area contributed by atoms with E-state index >= 15 is 0 Å². The Kier molecular flexibility index (Phi) is 3.64. The minimum Gasteiger partial charge on any atom is -0.508 e. The fraction of sp³-hybridized carbons (Fsp3) is 0.412. The summed E-state index contributed by atoms with van der Waals surface area (Å²) >= 11 is 0. The molecule has 0 aromatic heterocycles. The molecule has 1 aliphatic heterocycles. The van der Waals surface area contributed by atoms with E-state index in [4.69, 9.17) is 5.73 Å². The van der Waals surface area contributed by atoms with Gasteiger partial charge < -0.3 is 10.8 Å². The van der Waals surface area contributed by atoms with Gasteiger partial charge in [-0.15, -0.1) is 0 Å². The molecule has 2 aromatic carbocycles. The van der Waals surface area contributed by atoms with Gasteiger partial charge in [-0.3, -0.25) is 4.90 Å². The molecule has 2 unspecified atom stereocenters. The minimum atomic E-state index is 0.251. The molecule has 3 nitrogen and oxygen atoms in total. The molecule has 2 aromatic rings. The molecule has 1 heterocycles. The van der Waals surface area contributed by atoms with Crippen molar-refractivity contribution in [2.24, 2.45) is 11.7 Å². The first kappa shape index (κ1) is 13.4. The number of benzene rings is 2. The maximum atomic E-state index is 10.2. The standard InChI is InChI=1S/C17H22N2O/c1-12(18)14-8-9-19(10-14)11-16-15-5-3-2-4-13(15)6-7-17(16)20/h2-7,12,14,20H,8-11,18H2,1H3. The van der Waals surface area contributed by atoms with Gasteiger partial charge in [0.25, 0.3) is 0 Å². The molecule has 1 fully saturated rings. The van der Waals surface area contributed by atoms with Crippen LogP contribution in [-0.2, 0) is 6.54 Å². The summed E-state index contributed by atoms with van der Waals surface area (Å²) in [6.45, 7) is 4.98. The van der Waals surface area contributed by atoms with Crippen LogP contribution in [0.1, 0.15) is 18.9 Å². The van der Waals surface area contributed by atoms with Crippen LogP contribution in [0.2, 0.25) is 0 Å². The fourth-order valence-electron chi connectivity index (χ4n) is 3.15. The Morgan fingerprint density at radius 3 is 2.85 bits per heavy atom. The molecule has 1 saturated heterocycles. The number of hydrogen-bond donors (Lipinski definition) is 2. The van der Waals surface area contributed by atoms with Gasteiger partial charge in [0.2, 0.25) is 0 Å². The summed E-state index contributed by atoms with van der Waals surface area (Å²) in [5.74, 6) is 0.972. The number of nitrogens with two attached hydrogens (primary N) is 1. The molecule has 2 atom stereocenters. The molecule has 3 heteroatoms. The third-order valence-electron chi connectivity index (χ3n) is 4.45. The van der Waals surface area contributed by atoms with Crippen LogP contribution >= 0.6 is 0 Å². The van der Waals surface area contributed by atoms with Gasteiger partial charge in [0.15, 0.2) is 0 Å². The van der Waals surface area contributed by atoms with E-state index in [2.05, 4.69) is 24.0 Å². The lowest BCUT2D eigenvalue weighted by Gasteiger charge is -2.19. The SMILES string of the molecule is CC(N)C1CCN(Cc2c(O)ccc3ccccc23)C1. The number of hydrogen-bond acceptors (Lipinski definition) is 3. The van der Waals surface area contributed by atoms with Crippen LogP contribution in [0.15, 0.2) is 36.4 Å². The number of fused-ring (bicyclic) bond motifs is 1. The smallest absolute Gasteiger partial charge is 0.120 e. The van der Waals surface area contributed by atoms with Crippen molar-refractivity contribution >= 4 is 10.8 Å². The van der Waals surface area contributed by atoms with Gasteiger partial charge in [0, 0.05) is 24.7 Å². The topological polar surface area (TPSA) is 49.5 Å². The number of likely N-dealkylation sites (tertiary alicyclic amines) is 1. The van der Waals surface area contributed by atoms with Gasteiger partial charge in [0.05, 0.1) is 0 Å². The quantitative estimate of drug-likeness (QED) is 0.901. The molecule has 106 valence electrons. The number of phenols is 1. The van der Waals surface area contributed by atoms with E-state index in [0.29, 0.717) is 11.7 Å². The van der Waals surface area contributed by atoms with Gasteiger partial charge >= 0.3 is 0 Å². The van der Waals surface area contributed by atoms with E-state index in [9.17, 15) is 5.11 Å². The highest BCUT2D eigenvalue weighted by molar-refractivity contribution is 5.87. The number of phenolic OH excluding ortho intramolecular Hbond substituents is 1. The predicted octanol–water partition coefficient (Wildman–Crippen LogP) is 2.71. The zero-order chi connectivity index (χ0) is 14.1. The van der Waals surface area contributed by atoms with Gasteiger partial charge in [-0.05, 0) is 42.6 Å². The van der Waals surface area contributed by atoms with E-state index in [-0.39, 0.29) is 6.04 Å². The molecule has 0 spiro atoms. The van der Waals surface area contributed by atoms with Crippen molar-refractivity contribution in [1.29, 1.82) is 0 Å². The Labute approximate surface area is 120 Å². The van der Waals surface area contributed by atoms with E-state index < -0.39 is 0 Å². The van der Waals surface area contributed by atoms with E-state index in [0.717, 1.165) is 37.0 Å². The van der Waals surface area contributed by atoms with Gasteiger partial charge in [-0.2, -0.15) is 0 Å². The maximum Gasteiger partial charge on any atom is 0.120 e. The van der Waals surface area contributed by atoms with E-state index in [1.54, 1.807) is 6.07 Å². The summed E-state index contributed by atoms with van der Waals surface area (Å²) in [6.07, 6.45) is 1.16. The second-order valence-electron chi connectivity index (χ2n) is 5.93. The number of rotatable bonds is 3. The molecule has 0 saturated carbocycles. The molecule has 0 amide bonds. The molecule has 0 aliphatic carbocycles. The second-order valence-corrected chi connectivity index (χ2v) is 5.93. The summed E-state index contributed by atoms with van der Waals surface area (Å²) in [6, 6.07) is 12.3. The summed E-state index contributed by atoms with van der Waals surface area (Å²) in [5, 5.41) is 12.5. The Morgan fingerprint density at radius 1 is 1.30 bits per heavy atom. The van der Waals surface area contributed by atoms with Crippen molar-refractivity contribution in [1.82, 2.24) is 4.90 Å². The van der Waals surface area contributed by atoms with E-state index in [1.165, 1.54) is 5.39 Å². The van der Waals surface area contributed by atoms with Crippen LogP contribution in [0.5, 0.6) is 5.75 Å². The molecule has 3 N–H and O–H groups in total. The van der Waals surface area contributed by atoms with Crippen LogP contribution in [0.25, 0.3) is 10.8 Å². The lowest BCUT2D eigenvalue weighted by molar-refractivity contribution is 0.304. The molecule has 20 heavy (non-hydrogen) atoms. The van der Waals surface area contributed by atoms with Gasteiger partial charge in [-0.1, -0.05) is 30.3 Å². The first-order valence-corrected chi connectivity index (χ1v) is 7.32. The summed E-state index contributed by atoms with van der Waals surface area (Å²) in [7, 11) is 0. The zero-order valence-electron chi connectivity index (χ0n) is 11.9. The van der Waals surface area contributed by atoms with Crippen molar-refractivity contribution < 1.29 is 5.11 Å². The van der Waals surface area contributed by atoms with Crippen molar-refractivity contribution in [3.8, 4) is 5.75 Å². The monoisotopic (exact) mass is 270 g/mol. The van der Waals surface area contributed by atoms with Crippen LogP contribution in [0.4, 0.5) is 0 Å². The number of nitrogens with zero attached hydrogens (tertiary/aromatic N) is 1. The first-order chi connectivity index (χ1) is 9.65. The largest absolute Gasteiger partial charge is 0.508 e. The Balaban J connectivity index is 1.86. The molecular weight excluding hydrogens is 248 g/mol. The molecule has 0 radical (unpaired) electrons. The van der Waals surface area contributed by atoms with Crippen LogP contribution in [0, 0.1) is 5.92 Å². The van der Waals surface area contributed by atoms with Crippen LogP contribution < -0.4 is 5.73 Å². The van der Waals surface area contributed by atoms with Crippen molar-refractivity contribution in [2.45, 2.75) is 25.9 Å². The number of aromatic hydroxyl groups is 1. The van der Waals surface area contributed by atoms with Crippen LogP contribution in [0.3, 0.4) is 0 Å². The Bertz CT molecular complexity index is 609. The second kappa shape index (κ2) is 5.43. The highest BCUT2D eigenvalue weighted by Gasteiger charge is 2.25. The normalized spacial score (nSPS) is 21.4. The van der Waals surface area contributed by atoms with Crippen molar-refractivity contribution in [3.63, 3.8) is 0 Å². The maximum absolute atomic E-state index is 10.2. The third-order valence-corrected chi connectivity index (χ3v) is 4.45. The van der Waals surface area contributed by atoms with Crippen molar-refractivity contribution in [3.05, 3.63) is 42.0 Å². The summed E-state index contributed by atoms with van der Waals surface area (Å²) < 4.78 is 0. The Hall–Kier alpha value is -1.58. The average Bonchev–Trinajstić information content (AvgIpc) is 2.91. The third kappa shape index (κ3) is 2.51. The van der Waals surface area contributed by atoms with Crippen LogP contribution in [-0.4, -0.2) is 29.1 Å². The van der Waals surface area contributed by atoms with Gasteiger partial charge in [0.1, 0.15) is 5.75 Å². The highest BCUT2D eigenvalue weighted by Crippen LogP contribution is 2.30. The summed E-state index contributed by atoms with van der Waals surface area (Å²) in [5.41, 5.74) is 7.03. The lowest BCUT2D eigenvalue weighted by atomic mass is 10.0.